The molecule has 1 aliphatic carbocycles. The van der Waals surface area contributed by atoms with Crippen molar-refractivity contribution >= 4 is 16.1 Å². The molecule has 5 atom stereocenters. The lowest BCUT2D eigenvalue weighted by molar-refractivity contribution is -0.145. The SMILES string of the molecule is O=C(N[C@@H](Cc1ccccc1)[C@@H](O)CN(OC1CCCC1)S(=O)(=O)c1ccc(O)cc1)OC1CO[C@H]2OCC[C@@H]12. The van der Waals surface area contributed by atoms with Crippen molar-refractivity contribution in [3.8, 4) is 5.75 Å². The molecule has 40 heavy (non-hydrogen) atoms. The third-order valence-electron chi connectivity index (χ3n) is 7.62. The number of alkyl carbamates (subject to hydrolysis) is 1. The van der Waals surface area contributed by atoms with Gasteiger partial charge in [0.1, 0.15) is 11.9 Å². The van der Waals surface area contributed by atoms with Crippen molar-refractivity contribution in [2.24, 2.45) is 5.92 Å². The van der Waals surface area contributed by atoms with Crippen molar-refractivity contribution in [1.29, 1.82) is 0 Å². The first kappa shape index (κ1) is 28.8. The number of carbonyl (C=O) groups is 1. The molecule has 3 N–H and O–H groups in total. The molecule has 2 heterocycles. The lowest BCUT2D eigenvalue weighted by atomic mass is 10.0. The highest BCUT2D eigenvalue weighted by Gasteiger charge is 2.44. The van der Waals surface area contributed by atoms with Gasteiger partial charge in [0.2, 0.25) is 0 Å². The maximum Gasteiger partial charge on any atom is 0.407 e. The summed E-state index contributed by atoms with van der Waals surface area (Å²) in [5, 5.41) is 23.8. The predicted octanol–water partition coefficient (Wildman–Crippen LogP) is 2.72. The van der Waals surface area contributed by atoms with E-state index in [0.29, 0.717) is 19.4 Å². The van der Waals surface area contributed by atoms with Crippen LogP contribution in [0.5, 0.6) is 5.75 Å². The zero-order valence-electron chi connectivity index (χ0n) is 22.1. The molecule has 1 saturated carbocycles. The first-order valence-electron chi connectivity index (χ1n) is 13.7. The van der Waals surface area contributed by atoms with Gasteiger partial charge in [-0.1, -0.05) is 47.6 Å². The molecule has 3 fully saturated rings. The van der Waals surface area contributed by atoms with Gasteiger partial charge in [-0.3, -0.25) is 4.84 Å². The average Bonchev–Trinajstić information content (AvgIpc) is 3.70. The van der Waals surface area contributed by atoms with Gasteiger partial charge in [0.05, 0.1) is 48.8 Å². The second kappa shape index (κ2) is 12.8. The van der Waals surface area contributed by atoms with E-state index in [2.05, 4.69) is 5.32 Å². The molecule has 12 heteroatoms. The maximum absolute atomic E-state index is 13.6. The van der Waals surface area contributed by atoms with Crippen LogP contribution in [0.1, 0.15) is 37.7 Å². The van der Waals surface area contributed by atoms with Crippen molar-refractivity contribution < 1.29 is 42.5 Å². The molecule has 1 amide bonds. The minimum absolute atomic E-state index is 0.0472. The molecule has 3 aliphatic rings. The fourth-order valence-corrected chi connectivity index (χ4v) is 6.69. The molecule has 5 rings (SSSR count). The van der Waals surface area contributed by atoms with Gasteiger partial charge >= 0.3 is 6.09 Å². The fourth-order valence-electron chi connectivity index (χ4n) is 5.40. The first-order valence-corrected chi connectivity index (χ1v) is 15.1. The van der Waals surface area contributed by atoms with Gasteiger partial charge in [-0.25, -0.2) is 13.2 Å². The Bertz CT molecular complexity index is 1220. The van der Waals surface area contributed by atoms with Gasteiger partial charge in [0.25, 0.3) is 10.0 Å². The van der Waals surface area contributed by atoms with Crippen molar-refractivity contribution in [2.45, 2.75) is 74.1 Å². The highest BCUT2D eigenvalue weighted by Crippen LogP contribution is 2.33. The number of nitrogens with one attached hydrogen (secondary N) is 1. The number of amides is 1. The molecule has 1 unspecified atom stereocenters. The second-order valence-corrected chi connectivity index (χ2v) is 12.3. The Labute approximate surface area is 234 Å². The Morgan fingerprint density at radius 1 is 1.05 bits per heavy atom. The number of phenolic OH excluding ortho intramolecular Hbond substituents is 1. The number of aliphatic hydroxyl groups is 1. The van der Waals surface area contributed by atoms with E-state index >= 15 is 0 Å². The lowest BCUT2D eigenvalue weighted by Crippen LogP contribution is -2.51. The van der Waals surface area contributed by atoms with Crippen LogP contribution in [0.4, 0.5) is 4.79 Å². The number of benzene rings is 2. The standard InChI is InChI=1S/C28H36N2O9S/c31-20-10-12-22(13-11-20)40(34,35)30(39-21-8-4-5-9-21)17-25(32)24(16-19-6-2-1-3-7-19)29-28(33)38-26-18-37-27-23(26)14-15-36-27/h1-3,6-7,10-13,21,23-27,31-32H,4-5,8-9,14-18H2,(H,29,33)/t23-,24-,25-,26?,27+/m0/s1. The number of phenols is 1. The highest BCUT2D eigenvalue weighted by molar-refractivity contribution is 7.89. The number of aromatic hydroxyl groups is 1. The summed E-state index contributed by atoms with van der Waals surface area (Å²) in [6.45, 7) is 0.337. The summed E-state index contributed by atoms with van der Waals surface area (Å²) in [7, 11) is -4.20. The van der Waals surface area contributed by atoms with Crippen LogP contribution in [-0.2, 0) is 35.5 Å². The van der Waals surface area contributed by atoms with Crippen LogP contribution in [0, 0.1) is 5.92 Å². The van der Waals surface area contributed by atoms with Crippen LogP contribution < -0.4 is 5.32 Å². The Kier molecular flexibility index (Phi) is 9.24. The second-order valence-electron chi connectivity index (χ2n) is 10.5. The maximum atomic E-state index is 13.6. The Morgan fingerprint density at radius 2 is 1.77 bits per heavy atom. The molecule has 2 aromatic carbocycles. The summed E-state index contributed by atoms with van der Waals surface area (Å²) < 4.78 is 44.7. The van der Waals surface area contributed by atoms with E-state index in [1.165, 1.54) is 24.3 Å². The van der Waals surface area contributed by atoms with Crippen molar-refractivity contribution in [2.75, 3.05) is 19.8 Å². The molecular formula is C28H36N2O9S. The Morgan fingerprint density at radius 3 is 2.50 bits per heavy atom. The minimum Gasteiger partial charge on any atom is -0.508 e. The average molecular weight is 577 g/mol. The molecule has 0 spiro atoms. The summed E-state index contributed by atoms with van der Waals surface area (Å²) >= 11 is 0. The van der Waals surface area contributed by atoms with E-state index < -0.39 is 40.9 Å². The highest BCUT2D eigenvalue weighted by atomic mass is 32.2. The molecule has 0 bridgehead atoms. The van der Waals surface area contributed by atoms with Crippen LogP contribution >= 0.6 is 0 Å². The molecular weight excluding hydrogens is 540 g/mol. The molecule has 2 aromatic rings. The summed E-state index contributed by atoms with van der Waals surface area (Å²) in [5.41, 5.74) is 0.838. The van der Waals surface area contributed by atoms with E-state index in [0.717, 1.165) is 29.3 Å². The molecule has 11 nitrogen and oxygen atoms in total. The molecule has 218 valence electrons. The number of sulfonamides is 1. The summed E-state index contributed by atoms with van der Waals surface area (Å²) in [4.78, 5) is 18.8. The van der Waals surface area contributed by atoms with Crippen LogP contribution in [0.25, 0.3) is 0 Å². The number of rotatable bonds is 11. The fraction of sp³-hybridized carbons (Fsp3) is 0.536. The third kappa shape index (κ3) is 6.93. The van der Waals surface area contributed by atoms with Gasteiger partial charge < -0.3 is 29.7 Å². The van der Waals surface area contributed by atoms with Crippen LogP contribution in [0.15, 0.2) is 59.5 Å². The number of hydrogen-bond acceptors (Lipinski definition) is 9. The lowest BCUT2D eigenvalue weighted by Gasteiger charge is -2.31. The van der Waals surface area contributed by atoms with Crippen LogP contribution in [0.3, 0.4) is 0 Å². The number of fused-ring (bicyclic) bond motifs is 1. The quantitative estimate of drug-likeness (QED) is 0.344. The van der Waals surface area contributed by atoms with E-state index in [9.17, 15) is 23.4 Å². The normalized spacial score (nSPS) is 24.6. The number of aliphatic hydroxyl groups excluding tert-OH is 1. The monoisotopic (exact) mass is 576 g/mol. The topological polar surface area (TPSA) is 144 Å². The minimum atomic E-state index is -4.20. The van der Waals surface area contributed by atoms with E-state index in [-0.39, 0.29) is 42.0 Å². The van der Waals surface area contributed by atoms with E-state index in [4.69, 9.17) is 19.0 Å². The van der Waals surface area contributed by atoms with Crippen molar-refractivity contribution in [3.05, 3.63) is 60.2 Å². The number of ether oxygens (including phenoxy) is 3. The zero-order valence-corrected chi connectivity index (χ0v) is 22.9. The smallest absolute Gasteiger partial charge is 0.407 e. The largest absolute Gasteiger partial charge is 0.508 e. The summed E-state index contributed by atoms with van der Waals surface area (Å²) in [5.74, 6) is -0.120. The molecule has 2 saturated heterocycles. The van der Waals surface area contributed by atoms with Crippen LogP contribution in [-0.4, -0.2) is 79.6 Å². The summed E-state index contributed by atoms with van der Waals surface area (Å²) in [6, 6.07) is 13.5. The van der Waals surface area contributed by atoms with Gasteiger partial charge in [-0.05, 0) is 55.5 Å². The number of hydroxylamine groups is 1. The van der Waals surface area contributed by atoms with Crippen molar-refractivity contribution in [3.63, 3.8) is 0 Å². The summed E-state index contributed by atoms with van der Waals surface area (Å²) in [6.07, 6.45) is 0.947. The van der Waals surface area contributed by atoms with Gasteiger partial charge in [0.15, 0.2) is 6.29 Å². The third-order valence-corrected chi connectivity index (χ3v) is 9.26. The molecule has 2 aliphatic heterocycles. The predicted molar refractivity (Wildman–Crippen MR) is 142 cm³/mol. The number of hydrogen-bond donors (Lipinski definition) is 3. The Balaban J connectivity index is 1.33. The van der Waals surface area contributed by atoms with E-state index in [1.54, 1.807) is 0 Å². The van der Waals surface area contributed by atoms with E-state index in [1.807, 2.05) is 30.3 Å². The Hall–Kier alpha value is -2.74. The van der Waals surface area contributed by atoms with Crippen molar-refractivity contribution in [1.82, 2.24) is 9.79 Å². The first-order chi connectivity index (χ1) is 19.3. The van der Waals surface area contributed by atoms with Gasteiger partial charge in [-0.2, -0.15) is 0 Å². The van der Waals surface area contributed by atoms with Gasteiger partial charge in [0, 0.05) is 0 Å². The molecule has 0 radical (unpaired) electrons. The number of carbonyl (C=O) groups excluding carboxylic acids is 1. The zero-order chi connectivity index (χ0) is 28.1. The number of nitrogens with zero attached hydrogens (tertiary/aromatic N) is 1. The van der Waals surface area contributed by atoms with Crippen LogP contribution in [0.2, 0.25) is 0 Å². The molecule has 0 aromatic heterocycles. The van der Waals surface area contributed by atoms with Gasteiger partial charge in [-0.15, -0.1) is 0 Å².